The maximum Gasteiger partial charge on any atom is 0.254 e. The summed E-state index contributed by atoms with van der Waals surface area (Å²) in [5, 5.41) is 21.1. The van der Waals surface area contributed by atoms with Gasteiger partial charge in [0.15, 0.2) is 5.96 Å². The van der Waals surface area contributed by atoms with Crippen molar-refractivity contribution in [3.63, 3.8) is 0 Å². The molecule has 2 aliphatic rings. The molecule has 2 aliphatic heterocycles. The van der Waals surface area contributed by atoms with Gasteiger partial charge in [0.2, 0.25) is 10.0 Å². The van der Waals surface area contributed by atoms with Crippen molar-refractivity contribution in [3.8, 4) is 5.75 Å². The van der Waals surface area contributed by atoms with Gasteiger partial charge in [-0.1, -0.05) is 26.0 Å². The number of carbonyl (C=O) groups is 1. The van der Waals surface area contributed by atoms with Crippen LogP contribution >= 0.6 is 0 Å². The zero-order chi connectivity index (χ0) is 21.4. The summed E-state index contributed by atoms with van der Waals surface area (Å²) < 4.78 is 27.0. The number of guanidine groups is 1. The molecule has 1 aromatic carbocycles. The van der Waals surface area contributed by atoms with Crippen molar-refractivity contribution in [1.29, 1.82) is 5.41 Å². The topological polar surface area (TPSA) is 114 Å². The summed E-state index contributed by atoms with van der Waals surface area (Å²) in [5.74, 6) is 0.245. The van der Waals surface area contributed by atoms with E-state index in [1.807, 2.05) is 20.8 Å². The normalized spacial score (nSPS) is 24.3. The van der Waals surface area contributed by atoms with E-state index in [0.717, 1.165) is 0 Å². The van der Waals surface area contributed by atoms with Gasteiger partial charge < -0.3 is 10.4 Å². The first-order valence-electron chi connectivity index (χ1n) is 10.0. The Balaban J connectivity index is 1.63. The fourth-order valence-corrected chi connectivity index (χ4v) is 5.87. The standard InChI is InChI=1S/C20H30N4O4S/c1-14(2)12-20(3)18(26)24(19(21)22-20)13-15-8-10-23(11-9-15)29(27,28)17-7-5-4-6-16(17)25/h4-7,14-15,25H,8-13H2,1-3H3,(H2,21,22). The fraction of sp³-hybridized carbons (Fsp3) is 0.600. The zero-order valence-electron chi connectivity index (χ0n) is 17.2. The van der Waals surface area contributed by atoms with E-state index in [2.05, 4.69) is 5.32 Å². The number of sulfonamides is 1. The number of hydrogen-bond acceptors (Lipinski definition) is 5. The van der Waals surface area contributed by atoms with Crippen molar-refractivity contribution in [1.82, 2.24) is 14.5 Å². The number of amides is 1. The second-order valence-corrected chi connectivity index (χ2v) is 10.5. The van der Waals surface area contributed by atoms with Crippen LogP contribution in [-0.2, 0) is 14.8 Å². The van der Waals surface area contributed by atoms with E-state index in [1.54, 1.807) is 12.1 Å². The van der Waals surface area contributed by atoms with Crippen LogP contribution in [0.4, 0.5) is 0 Å². The number of nitrogens with zero attached hydrogens (tertiary/aromatic N) is 2. The van der Waals surface area contributed by atoms with Crippen LogP contribution in [0.1, 0.15) is 40.0 Å². The molecule has 29 heavy (non-hydrogen) atoms. The van der Waals surface area contributed by atoms with Gasteiger partial charge in [0.05, 0.1) is 0 Å². The average molecular weight is 423 g/mol. The summed E-state index contributed by atoms with van der Waals surface area (Å²) in [6.45, 7) is 7.01. The van der Waals surface area contributed by atoms with Crippen molar-refractivity contribution in [2.75, 3.05) is 19.6 Å². The van der Waals surface area contributed by atoms with Crippen molar-refractivity contribution < 1.29 is 18.3 Å². The van der Waals surface area contributed by atoms with E-state index in [-0.39, 0.29) is 28.4 Å². The smallest absolute Gasteiger partial charge is 0.254 e. The second kappa shape index (κ2) is 7.95. The Morgan fingerprint density at radius 2 is 1.90 bits per heavy atom. The first-order valence-corrected chi connectivity index (χ1v) is 11.5. The maximum atomic E-state index is 12.9. The van der Waals surface area contributed by atoms with Crippen LogP contribution in [0.3, 0.4) is 0 Å². The number of para-hydroxylation sites is 1. The molecule has 1 atom stereocenters. The van der Waals surface area contributed by atoms with E-state index >= 15 is 0 Å². The number of benzene rings is 1. The molecule has 1 unspecified atom stereocenters. The Labute approximate surface area is 172 Å². The van der Waals surface area contributed by atoms with Crippen molar-refractivity contribution in [2.45, 2.75) is 50.5 Å². The molecule has 0 saturated carbocycles. The van der Waals surface area contributed by atoms with E-state index in [4.69, 9.17) is 5.41 Å². The number of rotatable bonds is 6. The Morgan fingerprint density at radius 3 is 2.48 bits per heavy atom. The Kier molecular flexibility index (Phi) is 5.91. The number of carbonyl (C=O) groups excluding carboxylic acids is 1. The minimum atomic E-state index is -3.75. The molecule has 8 nitrogen and oxygen atoms in total. The van der Waals surface area contributed by atoms with Gasteiger partial charge in [-0.15, -0.1) is 0 Å². The van der Waals surface area contributed by atoms with Gasteiger partial charge in [0.1, 0.15) is 16.2 Å². The molecule has 3 rings (SSSR count). The van der Waals surface area contributed by atoms with Gasteiger partial charge in [0.25, 0.3) is 5.91 Å². The molecule has 2 fully saturated rings. The molecule has 0 radical (unpaired) electrons. The summed E-state index contributed by atoms with van der Waals surface area (Å²) in [7, 11) is -3.75. The monoisotopic (exact) mass is 422 g/mol. The molecule has 0 aliphatic carbocycles. The Hall–Kier alpha value is -2.13. The van der Waals surface area contributed by atoms with Gasteiger partial charge in [-0.05, 0) is 50.2 Å². The van der Waals surface area contributed by atoms with E-state index in [1.165, 1.54) is 21.3 Å². The predicted octanol–water partition coefficient (Wildman–Crippen LogP) is 1.96. The van der Waals surface area contributed by atoms with Crippen LogP contribution in [0.5, 0.6) is 5.75 Å². The van der Waals surface area contributed by atoms with Gasteiger partial charge in [-0.3, -0.25) is 15.1 Å². The number of phenols is 1. The van der Waals surface area contributed by atoms with E-state index in [9.17, 15) is 18.3 Å². The molecule has 9 heteroatoms. The highest BCUT2D eigenvalue weighted by molar-refractivity contribution is 7.89. The number of aromatic hydroxyl groups is 1. The van der Waals surface area contributed by atoms with Crippen molar-refractivity contribution >= 4 is 21.9 Å². The minimum Gasteiger partial charge on any atom is -0.507 e. The lowest BCUT2D eigenvalue weighted by molar-refractivity contribution is -0.131. The van der Waals surface area contributed by atoms with Crippen LogP contribution in [0.15, 0.2) is 29.2 Å². The quantitative estimate of drug-likeness (QED) is 0.648. The summed E-state index contributed by atoms with van der Waals surface area (Å²) in [6.07, 6.45) is 1.86. The highest BCUT2D eigenvalue weighted by atomic mass is 32.2. The minimum absolute atomic E-state index is 0.0800. The summed E-state index contributed by atoms with van der Waals surface area (Å²) in [4.78, 5) is 14.3. The molecule has 160 valence electrons. The lowest BCUT2D eigenvalue weighted by Gasteiger charge is -2.33. The lowest BCUT2D eigenvalue weighted by atomic mass is 9.90. The molecule has 1 amide bonds. The summed E-state index contributed by atoms with van der Waals surface area (Å²) in [6, 6.07) is 5.95. The van der Waals surface area contributed by atoms with Gasteiger partial charge in [0, 0.05) is 19.6 Å². The van der Waals surface area contributed by atoms with Gasteiger partial charge >= 0.3 is 0 Å². The number of piperidine rings is 1. The third-order valence-corrected chi connectivity index (χ3v) is 7.64. The third kappa shape index (κ3) is 4.25. The average Bonchev–Trinajstić information content (AvgIpc) is 2.84. The van der Waals surface area contributed by atoms with Gasteiger partial charge in [-0.25, -0.2) is 8.42 Å². The first kappa shape index (κ1) is 21.6. The Morgan fingerprint density at radius 1 is 1.28 bits per heavy atom. The molecule has 2 saturated heterocycles. The largest absolute Gasteiger partial charge is 0.507 e. The SMILES string of the molecule is CC(C)CC1(C)NC(=N)N(CC2CCN(S(=O)(=O)c3ccccc3O)CC2)C1=O. The van der Waals surface area contributed by atoms with E-state index < -0.39 is 15.6 Å². The molecule has 0 bridgehead atoms. The third-order valence-electron chi connectivity index (χ3n) is 5.70. The molecular weight excluding hydrogens is 392 g/mol. The molecule has 3 N–H and O–H groups in total. The predicted molar refractivity (Wildman–Crippen MR) is 110 cm³/mol. The zero-order valence-corrected chi connectivity index (χ0v) is 18.0. The fourth-order valence-electron chi connectivity index (χ4n) is 4.32. The Bertz CT molecular complexity index is 893. The number of phenolic OH excluding ortho intramolecular Hbond substituents is 1. The number of nitrogens with one attached hydrogen (secondary N) is 2. The van der Waals surface area contributed by atoms with Crippen molar-refractivity contribution in [3.05, 3.63) is 24.3 Å². The highest BCUT2D eigenvalue weighted by Gasteiger charge is 2.46. The van der Waals surface area contributed by atoms with E-state index in [0.29, 0.717) is 44.8 Å². The molecular formula is C20H30N4O4S. The van der Waals surface area contributed by atoms with Crippen LogP contribution in [0.25, 0.3) is 0 Å². The van der Waals surface area contributed by atoms with Gasteiger partial charge in [-0.2, -0.15) is 4.31 Å². The number of hydrogen-bond donors (Lipinski definition) is 3. The summed E-state index contributed by atoms with van der Waals surface area (Å²) >= 11 is 0. The lowest BCUT2D eigenvalue weighted by Crippen LogP contribution is -2.46. The van der Waals surface area contributed by atoms with Crippen LogP contribution < -0.4 is 5.32 Å². The van der Waals surface area contributed by atoms with Crippen molar-refractivity contribution in [2.24, 2.45) is 11.8 Å². The molecule has 2 heterocycles. The molecule has 0 spiro atoms. The van der Waals surface area contributed by atoms with Crippen LogP contribution in [-0.4, -0.2) is 59.8 Å². The summed E-state index contributed by atoms with van der Waals surface area (Å²) in [5.41, 5.74) is -0.750. The maximum absolute atomic E-state index is 12.9. The second-order valence-electron chi connectivity index (χ2n) is 8.63. The highest BCUT2D eigenvalue weighted by Crippen LogP contribution is 2.30. The molecule has 0 aromatic heterocycles. The molecule has 1 aromatic rings. The first-order chi connectivity index (χ1) is 13.5. The van der Waals surface area contributed by atoms with Crippen LogP contribution in [0.2, 0.25) is 0 Å². The van der Waals surface area contributed by atoms with Crippen LogP contribution in [0, 0.1) is 17.2 Å².